The molecule has 0 aliphatic carbocycles. The number of hydrogen-bond acceptors (Lipinski definition) is 3. The number of amides is 2. The van der Waals surface area contributed by atoms with E-state index in [1.54, 1.807) is 0 Å². The van der Waals surface area contributed by atoms with Gasteiger partial charge in [0.05, 0.1) is 0 Å². The third-order valence-electron chi connectivity index (χ3n) is 3.75. The lowest BCUT2D eigenvalue weighted by Crippen LogP contribution is -2.22. The predicted octanol–water partition coefficient (Wildman–Crippen LogP) is 2.39. The Bertz CT molecular complexity index is 693. The maximum absolute atomic E-state index is 12.1. The van der Waals surface area contributed by atoms with E-state index in [1.807, 2.05) is 48.5 Å². The summed E-state index contributed by atoms with van der Waals surface area (Å²) < 4.78 is 5.83. The van der Waals surface area contributed by atoms with E-state index in [1.165, 1.54) is 0 Å². The van der Waals surface area contributed by atoms with Gasteiger partial charge in [-0.15, -0.1) is 0 Å². The van der Waals surface area contributed by atoms with E-state index < -0.39 is 12.2 Å². The first-order chi connectivity index (χ1) is 10.2. The zero-order valence-corrected chi connectivity index (χ0v) is 11.0. The second kappa shape index (κ2) is 4.43. The van der Waals surface area contributed by atoms with E-state index in [4.69, 9.17) is 4.74 Å². The minimum atomic E-state index is -0.761. The molecule has 21 heavy (non-hydrogen) atoms. The molecule has 2 amide bonds. The Morgan fingerprint density at radius 3 is 1.62 bits per heavy atom. The Balaban J connectivity index is 1.68. The molecule has 0 bridgehead atoms. The number of rotatable bonds is 2. The van der Waals surface area contributed by atoms with E-state index in [9.17, 15) is 9.59 Å². The van der Waals surface area contributed by atoms with E-state index in [2.05, 4.69) is 10.6 Å². The molecule has 0 saturated heterocycles. The van der Waals surface area contributed by atoms with Crippen molar-refractivity contribution in [2.75, 3.05) is 10.6 Å². The summed E-state index contributed by atoms with van der Waals surface area (Å²) in [5.41, 5.74) is 3.00. The summed E-state index contributed by atoms with van der Waals surface area (Å²) >= 11 is 0. The summed E-state index contributed by atoms with van der Waals surface area (Å²) in [6.07, 6.45) is -1.52. The average molecular weight is 280 g/mol. The van der Waals surface area contributed by atoms with Gasteiger partial charge in [0.1, 0.15) is 0 Å². The minimum Gasteiger partial charge on any atom is -0.346 e. The second-order valence-electron chi connectivity index (χ2n) is 5.05. The molecule has 0 spiro atoms. The van der Waals surface area contributed by atoms with Crippen LogP contribution in [0.15, 0.2) is 48.5 Å². The van der Waals surface area contributed by atoms with E-state index in [-0.39, 0.29) is 11.8 Å². The summed E-state index contributed by atoms with van der Waals surface area (Å²) in [6.45, 7) is 0. The van der Waals surface area contributed by atoms with Crippen LogP contribution in [0.2, 0.25) is 0 Å². The fraction of sp³-hybridized carbons (Fsp3) is 0.125. The number of carbonyl (C=O) groups excluding carboxylic acids is 2. The van der Waals surface area contributed by atoms with Gasteiger partial charge in [0.25, 0.3) is 11.8 Å². The Labute approximate surface area is 120 Å². The molecule has 0 aromatic heterocycles. The maximum atomic E-state index is 12.1. The molecule has 2 atom stereocenters. The fourth-order valence-electron chi connectivity index (χ4n) is 2.76. The van der Waals surface area contributed by atoms with E-state index in [0.29, 0.717) is 0 Å². The highest BCUT2D eigenvalue weighted by molar-refractivity contribution is 6.04. The van der Waals surface area contributed by atoms with Crippen molar-refractivity contribution < 1.29 is 14.3 Å². The molecular weight excluding hydrogens is 268 g/mol. The first-order valence-corrected chi connectivity index (χ1v) is 6.69. The van der Waals surface area contributed by atoms with Gasteiger partial charge in [-0.05, 0) is 12.1 Å². The van der Waals surface area contributed by atoms with Gasteiger partial charge in [-0.25, -0.2) is 0 Å². The first kappa shape index (κ1) is 12.1. The van der Waals surface area contributed by atoms with Crippen molar-refractivity contribution in [1.82, 2.24) is 0 Å². The highest BCUT2D eigenvalue weighted by atomic mass is 16.5. The number of ether oxygens (including phenoxy) is 1. The monoisotopic (exact) mass is 280 g/mol. The molecule has 4 rings (SSSR count). The number of benzene rings is 2. The van der Waals surface area contributed by atoms with Gasteiger partial charge in [-0.2, -0.15) is 0 Å². The zero-order valence-electron chi connectivity index (χ0n) is 11.0. The summed E-state index contributed by atoms with van der Waals surface area (Å²) in [7, 11) is 0. The molecule has 5 nitrogen and oxygen atoms in total. The first-order valence-electron chi connectivity index (χ1n) is 6.69. The van der Waals surface area contributed by atoms with Gasteiger partial charge in [-0.3, -0.25) is 9.59 Å². The van der Waals surface area contributed by atoms with Crippen molar-refractivity contribution in [2.24, 2.45) is 0 Å². The highest BCUT2D eigenvalue weighted by Crippen LogP contribution is 2.40. The molecule has 2 aromatic carbocycles. The highest BCUT2D eigenvalue weighted by Gasteiger charge is 2.39. The molecule has 0 fully saturated rings. The SMILES string of the molecule is O=C1Nc2ccccc2C1OC1C(=O)Nc2ccccc21. The summed E-state index contributed by atoms with van der Waals surface area (Å²) in [5.74, 6) is -0.484. The van der Waals surface area contributed by atoms with Gasteiger partial charge in [0.2, 0.25) is 0 Å². The minimum absolute atomic E-state index is 0.242. The lowest BCUT2D eigenvalue weighted by molar-refractivity contribution is -0.139. The van der Waals surface area contributed by atoms with E-state index >= 15 is 0 Å². The fourth-order valence-corrected chi connectivity index (χ4v) is 2.76. The molecule has 2 heterocycles. The molecular formula is C16H12N2O3. The van der Waals surface area contributed by atoms with Crippen LogP contribution in [0.5, 0.6) is 0 Å². The van der Waals surface area contributed by atoms with E-state index in [0.717, 1.165) is 22.5 Å². The van der Waals surface area contributed by atoms with Crippen LogP contribution in [0.3, 0.4) is 0 Å². The lowest BCUT2D eigenvalue weighted by atomic mass is 10.1. The summed E-state index contributed by atoms with van der Waals surface area (Å²) in [5, 5.41) is 5.53. The van der Waals surface area contributed by atoms with Gasteiger partial charge < -0.3 is 15.4 Å². The molecule has 0 radical (unpaired) electrons. The molecule has 2 aliphatic heterocycles. The third kappa shape index (κ3) is 1.82. The lowest BCUT2D eigenvalue weighted by Gasteiger charge is -2.15. The number of carbonyl (C=O) groups is 2. The van der Waals surface area contributed by atoms with Gasteiger partial charge in [0, 0.05) is 22.5 Å². The van der Waals surface area contributed by atoms with Crippen LogP contribution in [0.25, 0.3) is 0 Å². The molecule has 5 heteroatoms. The molecule has 0 saturated carbocycles. The van der Waals surface area contributed by atoms with Crippen LogP contribution in [0.1, 0.15) is 23.3 Å². The van der Waals surface area contributed by atoms with Crippen molar-refractivity contribution in [3.05, 3.63) is 59.7 Å². The second-order valence-corrected chi connectivity index (χ2v) is 5.05. The summed E-state index contributed by atoms with van der Waals surface area (Å²) in [4.78, 5) is 24.1. The third-order valence-corrected chi connectivity index (χ3v) is 3.75. The maximum Gasteiger partial charge on any atom is 0.258 e. The van der Waals surface area contributed by atoms with Crippen molar-refractivity contribution in [2.45, 2.75) is 12.2 Å². The van der Waals surface area contributed by atoms with Gasteiger partial charge in [0.15, 0.2) is 12.2 Å². The topological polar surface area (TPSA) is 67.4 Å². The quantitative estimate of drug-likeness (QED) is 0.887. The Kier molecular flexibility index (Phi) is 2.55. The van der Waals surface area contributed by atoms with Crippen molar-refractivity contribution in [3.63, 3.8) is 0 Å². The number of anilines is 2. The number of para-hydroxylation sites is 2. The standard InChI is InChI=1S/C16H12N2O3/c19-15-13(9-5-1-3-7-11(9)17-15)21-14-10-6-2-4-8-12(10)18-16(14)20/h1-8,13-14H,(H,17,19)(H,18,20). The van der Waals surface area contributed by atoms with Crippen molar-refractivity contribution in [3.8, 4) is 0 Å². The van der Waals surface area contributed by atoms with Crippen LogP contribution in [0.4, 0.5) is 11.4 Å². The molecule has 2 aliphatic rings. The van der Waals surface area contributed by atoms with Crippen LogP contribution in [-0.4, -0.2) is 11.8 Å². The van der Waals surface area contributed by atoms with Crippen LogP contribution >= 0.6 is 0 Å². The molecule has 2 unspecified atom stereocenters. The summed E-state index contributed by atoms with van der Waals surface area (Å²) in [6, 6.07) is 14.7. The van der Waals surface area contributed by atoms with Crippen LogP contribution in [-0.2, 0) is 14.3 Å². The van der Waals surface area contributed by atoms with Gasteiger partial charge >= 0.3 is 0 Å². The number of fused-ring (bicyclic) bond motifs is 2. The van der Waals surface area contributed by atoms with Crippen LogP contribution < -0.4 is 10.6 Å². The Morgan fingerprint density at radius 1 is 0.714 bits per heavy atom. The van der Waals surface area contributed by atoms with Crippen molar-refractivity contribution >= 4 is 23.2 Å². The molecule has 2 N–H and O–H groups in total. The Morgan fingerprint density at radius 2 is 1.14 bits per heavy atom. The van der Waals surface area contributed by atoms with Gasteiger partial charge in [-0.1, -0.05) is 36.4 Å². The molecule has 2 aromatic rings. The smallest absolute Gasteiger partial charge is 0.258 e. The van der Waals surface area contributed by atoms with Crippen LogP contribution in [0, 0.1) is 0 Å². The Hall–Kier alpha value is -2.66. The molecule has 104 valence electrons. The number of nitrogens with one attached hydrogen (secondary N) is 2. The zero-order chi connectivity index (χ0) is 14.4. The largest absolute Gasteiger partial charge is 0.346 e. The normalized spacial score (nSPS) is 22.5. The number of hydrogen-bond donors (Lipinski definition) is 2. The predicted molar refractivity (Wildman–Crippen MR) is 76.7 cm³/mol. The average Bonchev–Trinajstić information content (AvgIpc) is 2.97. The van der Waals surface area contributed by atoms with Crippen molar-refractivity contribution in [1.29, 1.82) is 0 Å².